The Bertz CT molecular complexity index is 610. The van der Waals surface area contributed by atoms with Crippen molar-refractivity contribution < 1.29 is 9.49 Å². The molecule has 0 N–H and O–H groups in total. The van der Waals surface area contributed by atoms with Gasteiger partial charge in [-0.1, -0.05) is 24.3 Å². The fraction of sp³-hybridized carbons (Fsp3) is 0.133. The van der Waals surface area contributed by atoms with Crippen molar-refractivity contribution in [2.75, 3.05) is 0 Å². The van der Waals surface area contributed by atoms with E-state index in [4.69, 9.17) is 0 Å². The molecule has 0 atom stereocenters. The van der Waals surface area contributed by atoms with Crippen molar-refractivity contribution in [1.82, 2.24) is 0 Å². The number of rotatable bonds is 4. The quantitative estimate of drug-likeness (QED) is 0.350. The third-order valence-corrected chi connectivity index (χ3v) is 2.83. The Morgan fingerprint density at radius 1 is 1.15 bits per heavy atom. The average molecular weight is 383 g/mol. The number of halogens is 1. The SMILES string of the molecule is CC[n+]1ccc(C=Cc2cccc([N+](=O)[O-])c2)cc1.I. The van der Waals surface area contributed by atoms with E-state index in [0.717, 1.165) is 17.7 Å². The number of hydrogen-bond donors (Lipinski definition) is 0. The summed E-state index contributed by atoms with van der Waals surface area (Å²) >= 11 is 0. The summed E-state index contributed by atoms with van der Waals surface area (Å²) in [5, 5.41) is 10.7. The molecule has 0 amide bonds. The maximum atomic E-state index is 10.7. The molecule has 0 fully saturated rings. The van der Waals surface area contributed by atoms with Crippen LogP contribution in [0.2, 0.25) is 0 Å². The Morgan fingerprint density at radius 2 is 1.80 bits per heavy atom. The summed E-state index contributed by atoms with van der Waals surface area (Å²) in [6, 6.07) is 10.6. The van der Waals surface area contributed by atoms with Gasteiger partial charge in [0.2, 0.25) is 0 Å². The zero-order valence-electron chi connectivity index (χ0n) is 11.1. The number of benzene rings is 1. The van der Waals surface area contributed by atoms with Gasteiger partial charge in [-0.2, -0.15) is 0 Å². The second kappa shape index (κ2) is 7.74. The summed E-state index contributed by atoms with van der Waals surface area (Å²) in [5.74, 6) is 0. The normalized spacial score (nSPS) is 10.2. The van der Waals surface area contributed by atoms with E-state index in [0.29, 0.717) is 0 Å². The lowest BCUT2D eigenvalue weighted by Gasteiger charge is -1.95. The molecule has 1 heterocycles. The monoisotopic (exact) mass is 383 g/mol. The van der Waals surface area contributed by atoms with Crippen LogP contribution in [0.15, 0.2) is 48.8 Å². The van der Waals surface area contributed by atoms with E-state index in [1.807, 2.05) is 42.7 Å². The molecular formula is C15H16IN2O2+. The summed E-state index contributed by atoms with van der Waals surface area (Å²) in [7, 11) is 0. The first-order valence-corrected chi connectivity index (χ1v) is 6.10. The molecule has 4 nitrogen and oxygen atoms in total. The molecule has 0 saturated heterocycles. The largest absolute Gasteiger partial charge is 0.270 e. The van der Waals surface area contributed by atoms with Crippen LogP contribution in [0.1, 0.15) is 18.1 Å². The molecule has 2 rings (SSSR count). The Kier molecular flexibility index (Phi) is 6.30. The van der Waals surface area contributed by atoms with Crippen molar-refractivity contribution >= 4 is 41.8 Å². The Morgan fingerprint density at radius 3 is 2.40 bits per heavy atom. The van der Waals surface area contributed by atoms with E-state index >= 15 is 0 Å². The van der Waals surface area contributed by atoms with Gasteiger partial charge >= 0.3 is 0 Å². The van der Waals surface area contributed by atoms with E-state index in [1.54, 1.807) is 12.1 Å². The molecule has 0 radical (unpaired) electrons. The molecule has 0 aliphatic rings. The van der Waals surface area contributed by atoms with Crippen molar-refractivity contribution in [3.63, 3.8) is 0 Å². The van der Waals surface area contributed by atoms with Crippen LogP contribution in [-0.4, -0.2) is 4.92 Å². The zero-order valence-corrected chi connectivity index (χ0v) is 13.4. The Labute approximate surface area is 134 Å². The van der Waals surface area contributed by atoms with Gasteiger partial charge in [-0.25, -0.2) is 4.57 Å². The maximum Gasteiger partial charge on any atom is 0.270 e. The zero-order chi connectivity index (χ0) is 13.7. The van der Waals surface area contributed by atoms with Crippen LogP contribution < -0.4 is 4.57 Å². The molecule has 1 aromatic heterocycles. The lowest BCUT2D eigenvalue weighted by Crippen LogP contribution is -2.30. The van der Waals surface area contributed by atoms with Crippen molar-refractivity contribution in [3.05, 3.63) is 70.0 Å². The second-order valence-corrected chi connectivity index (χ2v) is 4.15. The van der Waals surface area contributed by atoms with Gasteiger partial charge < -0.3 is 0 Å². The van der Waals surface area contributed by atoms with Gasteiger partial charge in [0.25, 0.3) is 5.69 Å². The van der Waals surface area contributed by atoms with Crippen molar-refractivity contribution in [3.8, 4) is 0 Å². The van der Waals surface area contributed by atoms with Crippen LogP contribution >= 0.6 is 24.0 Å². The van der Waals surface area contributed by atoms with Gasteiger partial charge in [-0.05, 0) is 18.1 Å². The minimum atomic E-state index is -0.385. The molecule has 0 bridgehead atoms. The Hall–Kier alpha value is -1.76. The highest BCUT2D eigenvalue weighted by atomic mass is 127. The highest BCUT2D eigenvalue weighted by Crippen LogP contribution is 2.15. The van der Waals surface area contributed by atoms with Gasteiger partial charge in [0.05, 0.1) is 4.92 Å². The average Bonchev–Trinajstić information content (AvgIpc) is 2.46. The Balaban J connectivity index is 0.00000200. The first-order chi connectivity index (χ1) is 9.19. The van der Waals surface area contributed by atoms with Gasteiger partial charge in [0.1, 0.15) is 6.54 Å². The molecule has 2 aromatic rings. The van der Waals surface area contributed by atoms with E-state index in [-0.39, 0.29) is 34.6 Å². The van der Waals surface area contributed by atoms with E-state index < -0.39 is 0 Å². The molecule has 0 saturated carbocycles. The fourth-order valence-corrected chi connectivity index (χ4v) is 1.73. The van der Waals surface area contributed by atoms with Crippen LogP contribution in [0.3, 0.4) is 0 Å². The molecule has 20 heavy (non-hydrogen) atoms. The van der Waals surface area contributed by atoms with Gasteiger partial charge in [0.15, 0.2) is 12.4 Å². The molecule has 0 unspecified atom stereocenters. The van der Waals surface area contributed by atoms with Crippen LogP contribution in [0.25, 0.3) is 12.2 Å². The van der Waals surface area contributed by atoms with E-state index in [2.05, 4.69) is 11.5 Å². The number of nitro benzene ring substituents is 1. The number of non-ortho nitro benzene ring substituents is 1. The first kappa shape index (κ1) is 16.3. The second-order valence-electron chi connectivity index (χ2n) is 4.15. The smallest absolute Gasteiger partial charge is 0.258 e. The molecule has 5 heteroatoms. The highest BCUT2D eigenvalue weighted by Gasteiger charge is 2.03. The van der Waals surface area contributed by atoms with E-state index in [1.165, 1.54) is 6.07 Å². The van der Waals surface area contributed by atoms with Crippen LogP contribution in [0.4, 0.5) is 5.69 Å². The predicted molar refractivity (Wildman–Crippen MR) is 89.8 cm³/mol. The summed E-state index contributed by atoms with van der Waals surface area (Å²) in [6.07, 6.45) is 7.83. The molecule has 0 aliphatic carbocycles. The number of hydrogen-bond acceptors (Lipinski definition) is 2. The highest BCUT2D eigenvalue weighted by molar-refractivity contribution is 14.0. The van der Waals surface area contributed by atoms with Crippen LogP contribution in [0.5, 0.6) is 0 Å². The van der Waals surface area contributed by atoms with Gasteiger partial charge in [-0.15, -0.1) is 24.0 Å². The number of nitro groups is 1. The topological polar surface area (TPSA) is 47.0 Å². The van der Waals surface area contributed by atoms with Crippen molar-refractivity contribution in [2.45, 2.75) is 13.5 Å². The van der Waals surface area contributed by atoms with Crippen LogP contribution in [-0.2, 0) is 6.54 Å². The molecule has 0 spiro atoms. The van der Waals surface area contributed by atoms with Crippen molar-refractivity contribution in [2.24, 2.45) is 0 Å². The summed E-state index contributed by atoms with van der Waals surface area (Å²) in [6.45, 7) is 3.02. The third kappa shape index (κ3) is 4.41. The van der Waals surface area contributed by atoms with Crippen molar-refractivity contribution in [1.29, 1.82) is 0 Å². The maximum absolute atomic E-state index is 10.7. The lowest BCUT2D eigenvalue weighted by molar-refractivity contribution is -0.693. The molecule has 0 aliphatic heterocycles. The molecule has 1 aromatic carbocycles. The number of aryl methyl sites for hydroxylation is 1. The number of nitrogens with zero attached hydrogens (tertiary/aromatic N) is 2. The third-order valence-electron chi connectivity index (χ3n) is 2.83. The molecular weight excluding hydrogens is 367 g/mol. The summed E-state index contributed by atoms with van der Waals surface area (Å²) in [4.78, 5) is 10.3. The standard InChI is InChI=1S/C15H15N2O2.HI/c1-2-16-10-8-13(9-11-16)6-7-14-4-3-5-15(12-14)17(18)19;/h3-12H,2H2,1H3;1H/q+1;. The number of aromatic nitrogens is 1. The van der Waals surface area contributed by atoms with Gasteiger partial charge in [-0.3, -0.25) is 10.1 Å². The minimum Gasteiger partial charge on any atom is -0.258 e. The predicted octanol–water partition coefficient (Wildman–Crippen LogP) is 3.69. The van der Waals surface area contributed by atoms with Crippen LogP contribution in [0, 0.1) is 10.1 Å². The molecule has 104 valence electrons. The summed E-state index contributed by atoms with van der Waals surface area (Å²) in [5.41, 5.74) is 2.00. The lowest BCUT2D eigenvalue weighted by atomic mass is 10.1. The van der Waals surface area contributed by atoms with E-state index in [9.17, 15) is 10.1 Å². The minimum absolute atomic E-state index is 0. The first-order valence-electron chi connectivity index (χ1n) is 6.10. The fourth-order valence-electron chi connectivity index (χ4n) is 1.73. The number of pyridine rings is 1. The summed E-state index contributed by atoms with van der Waals surface area (Å²) < 4.78 is 2.07. The van der Waals surface area contributed by atoms with Gasteiger partial charge in [0, 0.05) is 24.3 Å².